The van der Waals surface area contributed by atoms with Gasteiger partial charge < -0.3 is 20.1 Å². The van der Waals surface area contributed by atoms with Crippen molar-refractivity contribution in [3.8, 4) is 0 Å². The van der Waals surface area contributed by atoms with Crippen molar-refractivity contribution in [3.05, 3.63) is 25.3 Å². The summed E-state index contributed by atoms with van der Waals surface area (Å²) in [6.07, 6.45) is 1.97. The molecular weight excluding hydrogens is 302 g/mol. The fourth-order valence-corrected chi connectivity index (χ4v) is 1.01. The molecule has 3 N–H and O–H groups in total. The van der Waals surface area contributed by atoms with E-state index >= 15 is 0 Å². The van der Waals surface area contributed by atoms with Gasteiger partial charge in [0.15, 0.2) is 0 Å². The Morgan fingerprint density at radius 2 is 1.50 bits per heavy atom. The SMILES string of the molecule is C=CC(CF)(CF)C(=O)O.C=CC(CO)(CO)C(=O)OCC. The van der Waals surface area contributed by atoms with Crippen LogP contribution in [0, 0.1) is 10.8 Å². The Morgan fingerprint density at radius 3 is 1.64 bits per heavy atom. The van der Waals surface area contributed by atoms with Gasteiger partial charge in [0, 0.05) is 0 Å². The largest absolute Gasteiger partial charge is 0.480 e. The molecule has 0 radical (unpaired) electrons. The van der Waals surface area contributed by atoms with Crippen LogP contribution in [0.25, 0.3) is 0 Å². The predicted molar refractivity (Wildman–Crippen MR) is 75.7 cm³/mol. The van der Waals surface area contributed by atoms with E-state index in [1.165, 1.54) is 6.08 Å². The fraction of sp³-hybridized carbons (Fsp3) is 0.571. The van der Waals surface area contributed by atoms with Gasteiger partial charge in [-0.05, 0) is 6.92 Å². The number of carboxylic acids is 1. The van der Waals surface area contributed by atoms with E-state index < -0.39 is 49.3 Å². The Balaban J connectivity index is 0. The van der Waals surface area contributed by atoms with Crippen LogP contribution in [-0.4, -0.2) is 60.4 Å². The zero-order chi connectivity index (χ0) is 17.8. The van der Waals surface area contributed by atoms with Gasteiger partial charge in [-0.3, -0.25) is 9.59 Å². The summed E-state index contributed by atoms with van der Waals surface area (Å²) >= 11 is 0. The highest BCUT2D eigenvalue weighted by atomic mass is 19.1. The molecule has 0 rings (SSSR count). The fourth-order valence-electron chi connectivity index (χ4n) is 1.01. The van der Waals surface area contributed by atoms with Crippen LogP contribution in [0.1, 0.15) is 6.92 Å². The Bertz CT molecular complexity index is 376. The molecule has 0 aliphatic heterocycles. The van der Waals surface area contributed by atoms with Gasteiger partial charge in [-0.1, -0.05) is 12.2 Å². The minimum atomic E-state index is -2.03. The number of carbonyl (C=O) groups is 2. The van der Waals surface area contributed by atoms with Crippen molar-refractivity contribution >= 4 is 11.9 Å². The number of rotatable bonds is 9. The number of hydrogen-bond acceptors (Lipinski definition) is 5. The van der Waals surface area contributed by atoms with Gasteiger partial charge in [0.05, 0.1) is 19.8 Å². The standard InChI is InChI=1S/C8H14O4.C6H8F2O2/c1-3-8(5-9,6-10)7(11)12-4-2;1-2-6(3-7,4-8)5(9)10/h3,9-10H,1,4-6H2,2H3;2H,1,3-4H2,(H,9,10). The first-order valence-electron chi connectivity index (χ1n) is 6.31. The predicted octanol–water partition coefficient (Wildman–Crippen LogP) is 0.889. The first-order valence-corrected chi connectivity index (χ1v) is 6.31. The van der Waals surface area contributed by atoms with Crippen LogP contribution in [0.4, 0.5) is 8.78 Å². The van der Waals surface area contributed by atoms with Crippen LogP contribution >= 0.6 is 0 Å². The molecule has 0 spiro atoms. The van der Waals surface area contributed by atoms with Crippen molar-refractivity contribution in [3.63, 3.8) is 0 Å². The lowest BCUT2D eigenvalue weighted by Crippen LogP contribution is -2.38. The molecule has 0 aromatic rings. The summed E-state index contributed by atoms with van der Waals surface area (Å²) in [5, 5.41) is 26.0. The van der Waals surface area contributed by atoms with Crippen LogP contribution < -0.4 is 0 Å². The number of halogens is 2. The van der Waals surface area contributed by atoms with E-state index in [1.54, 1.807) is 6.92 Å². The van der Waals surface area contributed by atoms with Gasteiger partial charge in [0.2, 0.25) is 0 Å². The topological polar surface area (TPSA) is 104 Å². The summed E-state index contributed by atoms with van der Waals surface area (Å²) in [4.78, 5) is 21.3. The molecule has 6 nitrogen and oxygen atoms in total. The normalized spacial score (nSPS) is 11.0. The highest BCUT2D eigenvalue weighted by Crippen LogP contribution is 2.20. The van der Waals surface area contributed by atoms with E-state index in [2.05, 4.69) is 17.9 Å². The second kappa shape index (κ2) is 10.9. The average Bonchev–Trinajstić information content (AvgIpc) is 2.52. The Kier molecular flexibility index (Phi) is 11.1. The molecule has 0 unspecified atom stereocenters. The summed E-state index contributed by atoms with van der Waals surface area (Å²) in [5.74, 6) is -2.17. The number of esters is 1. The summed E-state index contributed by atoms with van der Waals surface area (Å²) in [7, 11) is 0. The second-order valence-electron chi connectivity index (χ2n) is 4.33. The molecule has 0 aromatic heterocycles. The quantitative estimate of drug-likeness (QED) is 0.430. The van der Waals surface area contributed by atoms with Crippen molar-refractivity contribution in [2.24, 2.45) is 10.8 Å². The van der Waals surface area contributed by atoms with Crippen LogP contribution in [-0.2, 0) is 14.3 Å². The molecule has 0 heterocycles. The molecule has 0 fully saturated rings. The molecule has 0 bridgehead atoms. The van der Waals surface area contributed by atoms with Gasteiger partial charge in [-0.25, -0.2) is 8.78 Å². The van der Waals surface area contributed by atoms with E-state index in [0.717, 1.165) is 6.08 Å². The highest BCUT2D eigenvalue weighted by molar-refractivity contribution is 5.79. The lowest BCUT2D eigenvalue weighted by Gasteiger charge is -2.22. The number of alkyl halides is 2. The maximum atomic E-state index is 11.9. The first-order chi connectivity index (χ1) is 10.3. The molecule has 0 aromatic carbocycles. The molecule has 8 heteroatoms. The van der Waals surface area contributed by atoms with Crippen LogP contribution in [0.2, 0.25) is 0 Å². The molecule has 22 heavy (non-hydrogen) atoms. The zero-order valence-electron chi connectivity index (χ0n) is 12.4. The molecule has 0 saturated carbocycles. The monoisotopic (exact) mass is 324 g/mol. The van der Waals surface area contributed by atoms with Crippen molar-refractivity contribution in [1.29, 1.82) is 0 Å². The summed E-state index contributed by atoms with van der Waals surface area (Å²) in [5.41, 5.74) is -3.38. The van der Waals surface area contributed by atoms with Gasteiger partial charge in [-0.2, -0.15) is 0 Å². The number of hydrogen-bond donors (Lipinski definition) is 3. The van der Waals surface area contributed by atoms with Crippen LogP contribution in [0.3, 0.4) is 0 Å². The summed E-state index contributed by atoms with van der Waals surface area (Å²) < 4.78 is 28.4. The number of carboxylic acid groups (broad SMARTS) is 1. The molecular formula is C14H22F2O6. The van der Waals surface area contributed by atoms with E-state index in [9.17, 15) is 18.4 Å². The lowest BCUT2D eigenvalue weighted by molar-refractivity contribution is -0.156. The second-order valence-corrected chi connectivity index (χ2v) is 4.33. The van der Waals surface area contributed by atoms with Gasteiger partial charge >= 0.3 is 11.9 Å². The van der Waals surface area contributed by atoms with E-state index in [4.69, 9.17) is 15.3 Å². The van der Waals surface area contributed by atoms with Crippen molar-refractivity contribution in [2.45, 2.75) is 6.92 Å². The van der Waals surface area contributed by atoms with Crippen molar-refractivity contribution < 1.29 is 38.4 Å². The number of aliphatic hydroxyl groups is 2. The number of ether oxygens (including phenoxy) is 1. The van der Waals surface area contributed by atoms with Crippen LogP contribution in [0.15, 0.2) is 25.3 Å². The minimum Gasteiger partial charge on any atom is -0.480 e. The van der Waals surface area contributed by atoms with Gasteiger partial charge in [0.1, 0.15) is 24.2 Å². The maximum absolute atomic E-state index is 11.9. The summed E-state index contributed by atoms with van der Waals surface area (Å²) in [6, 6.07) is 0. The van der Waals surface area contributed by atoms with Gasteiger partial charge in [0.25, 0.3) is 0 Å². The number of aliphatic carboxylic acids is 1. The average molecular weight is 324 g/mol. The number of carbonyl (C=O) groups excluding carboxylic acids is 1. The molecule has 0 atom stereocenters. The van der Waals surface area contributed by atoms with E-state index in [-0.39, 0.29) is 6.61 Å². The van der Waals surface area contributed by atoms with Crippen LogP contribution in [0.5, 0.6) is 0 Å². The molecule has 0 aliphatic rings. The Morgan fingerprint density at radius 1 is 1.09 bits per heavy atom. The molecule has 0 aliphatic carbocycles. The Labute approximate surface area is 127 Å². The summed E-state index contributed by atoms with van der Waals surface area (Å²) in [6.45, 7) is 4.75. The number of aliphatic hydroxyl groups excluding tert-OH is 2. The smallest absolute Gasteiger partial charge is 0.320 e. The van der Waals surface area contributed by atoms with Gasteiger partial charge in [-0.15, -0.1) is 13.2 Å². The minimum absolute atomic E-state index is 0.217. The third-order valence-corrected chi connectivity index (χ3v) is 2.93. The molecule has 0 saturated heterocycles. The van der Waals surface area contributed by atoms with Crippen molar-refractivity contribution in [2.75, 3.05) is 33.2 Å². The van der Waals surface area contributed by atoms with E-state index in [1.807, 2.05) is 0 Å². The first kappa shape index (κ1) is 22.5. The Hall–Kier alpha value is -1.80. The third kappa shape index (κ3) is 5.53. The highest BCUT2D eigenvalue weighted by Gasteiger charge is 2.36. The maximum Gasteiger partial charge on any atom is 0.320 e. The molecule has 0 amide bonds. The molecule has 128 valence electrons. The van der Waals surface area contributed by atoms with Crippen molar-refractivity contribution in [1.82, 2.24) is 0 Å². The third-order valence-electron chi connectivity index (χ3n) is 2.93. The lowest BCUT2D eigenvalue weighted by atomic mass is 9.91. The van der Waals surface area contributed by atoms with E-state index in [0.29, 0.717) is 0 Å². The zero-order valence-corrected chi connectivity index (χ0v) is 12.4.